The summed E-state index contributed by atoms with van der Waals surface area (Å²) in [5.74, 6) is -1.10. The van der Waals surface area contributed by atoms with Crippen molar-refractivity contribution in [2.45, 2.75) is 26.3 Å². The minimum absolute atomic E-state index is 0.107. The zero-order chi connectivity index (χ0) is 13.7. The van der Waals surface area contributed by atoms with Gasteiger partial charge in [0.1, 0.15) is 5.69 Å². The van der Waals surface area contributed by atoms with Crippen LogP contribution in [0.4, 0.5) is 0 Å². The molecule has 0 spiro atoms. The smallest absolute Gasteiger partial charge is 0.352 e. The van der Waals surface area contributed by atoms with Crippen LogP contribution < -0.4 is 0 Å². The number of aromatic carboxylic acids is 1. The molecule has 0 fully saturated rings. The lowest BCUT2D eigenvalue weighted by Crippen LogP contribution is -2.14. The highest BCUT2D eigenvalue weighted by atomic mass is 16.4. The van der Waals surface area contributed by atoms with Crippen LogP contribution in [-0.4, -0.2) is 47.0 Å². The summed E-state index contributed by atoms with van der Waals surface area (Å²) in [6, 6.07) is 1.44. The van der Waals surface area contributed by atoms with Crippen molar-refractivity contribution in [1.29, 1.82) is 0 Å². The van der Waals surface area contributed by atoms with E-state index in [-0.39, 0.29) is 11.5 Å². The van der Waals surface area contributed by atoms with Crippen molar-refractivity contribution in [1.82, 2.24) is 9.47 Å². The average Bonchev–Trinajstić information content (AvgIpc) is 2.68. The minimum Gasteiger partial charge on any atom is -0.477 e. The van der Waals surface area contributed by atoms with Gasteiger partial charge in [0, 0.05) is 18.3 Å². The second-order valence-electron chi connectivity index (χ2n) is 4.68. The molecule has 1 heterocycles. The SMILES string of the molecule is CC(=O)c1cc(C(=O)O)n(CCCCN(C)C)c1. The third-order valence-corrected chi connectivity index (χ3v) is 2.78. The predicted octanol–water partition coefficient (Wildman–Crippen LogP) is 1.73. The van der Waals surface area contributed by atoms with E-state index in [1.165, 1.54) is 13.0 Å². The lowest BCUT2D eigenvalue weighted by molar-refractivity contribution is 0.0684. The van der Waals surface area contributed by atoms with Gasteiger partial charge in [0.2, 0.25) is 0 Å². The van der Waals surface area contributed by atoms with Crippen LogP contribution in [0.15, 0.2) is 12.3 Å². The largest absolute Gasteiger partial charge is 0.477 e. The molecule has 0 radical (unpaired) electrons. The molecule has 0 unspecified atom stereocenters. The Labute approximate surface area is 107 Å². The Morgan fingerprint density at radius 1 is 1.33 bits per heavy atom. The molecule has 0 bridgehead atoms. The fraction of sp³-hybridized carbons (Fsp3) is 0.538. The highest BCUT2D eigenvalue weighted by molar-refractivity contribution is 5.97. The lowest BCUT2D eigenvalue weighted by atomic mass is 10.2. The van der Waals surface area contributed by atoms with Crippen LogP contribution in [0.25, 0.3) is 0 Å². The highest BCUT2D eigenvalue weighted by Gasteiger charge is 2.14. The fourth-order valence-electron chi connectivity index (χ4n) is 1.78. The van der Waals surface area contributed by atoms with Crippen molar-refractivity contribution >= 4 is 11.8 Å². The molecule has 1 aromatic heterocycles. The molecule has 0 atom stereocenters. The van der Waals surface area contributed by atoms with Gasteiger partial charge in [0.05, 0.1) is 0 Å². The third kappa shape index (κ3) is 4.00. The molecule has 0 amide bonds. The van der Waals surface area contributed by atoms with Gasteiger partial charge in [-0.1, -0.05) is 0 Å². The molecular weight excluding hydrogens is 232 g/mol. The van der Waals surface area contributed by atoms with E-state index in [2.05, 4.69) is 4.90 Å². The first kappa shape index (κ1) is 14.4. The molecule has 1 N–H and O–H groups in total. The van der Waals surface area contributed by atoms with Crippen LogP contribution in [0.3, 0.4) is 0 Å². The molecule has 100 valence electrons. The summed E-state index contributed by atoms with van der Waals surface area (Å²) in [4.78, 5) is 24.4. The zero-order valence-corrected chi connectivity index (χ0v) is 11.1. The van der Waals surface area contributed by atoms with Gasteiger partial charge in [-0.2, -0.15) is 0 Å². The fourth-order valence-corrected chi connectivity index (χ4v) is 1.78. The second kappa shape index (κ2) is 6.35. The van der Waals surface area contributed by atoms with E-state index >= 15 is 0 Å². The van der Waals surface area contributed by atoms with Gasteiger partial charge in [-0.15, -0.1) is 0 Å². The summed E-state index contributed by atoms with van der Waals surface area (Å²) in [7, 11) is 4.01. The molecule has 0 aliphatic heterocycles. The quantitative estimate of drug-likeness (QED) is 0.593. The second-order valence-corrected chi connectivity index (χ2v) is 4.68. The van der Waals surface area contributed by atoms with Crippen molar-refractivity contribution in [2.24, 2.45) is 0 Å². The van der Waals surface area contributed by atoms with E-state index in [0.29, 0.717) is 12.1 Å². The standard InChI is InChI=1S/C13H20N2O3/c1-10(16)11-8-12(13(17)18)15(9-11)7-5-4-6-14(2)3/h8-9H,4-7H2,1-3H3,(H,17,18). The van der Waals surface area contributed by atoms with Gasteiger partial charge in [-0.05, 0) is 46.5 Å². The average molecular weight is 252 g/mol. The van der Waals surface area contributed by atoms with E-state index in [4.69, 9.17) is 5.11 Å². The summed E-state index contributed by atoms with van der Waals surface area (Å²) in [5.41, 5.74) is 0.644. The maximum Gasteiger partial charge on any atom is 0.352 e. The first-order chi connectivity index (χ1) is 8.41. The summed E-state index contributed by atoms with van der Waals surface area (Å²) in [6.45, 7) is 3.04. The third-order valence-electron chi connectivity index (χ3n) is 2.78. The lowest BCUT2D eigenvalue weighted by Gasteiger charge is -2.10. The zero-order valence-electron chi connectivity index (χ0n) is 11.1. The van der Waals surface area contributed by atoms with Gasteiger partial charge in [0.25, 0.3) is 0 Å². The number of carboxylic acid groups (broad SMARTS) is 1. The number of hydrogen-bond acceptors (Lipinski definition) is 3. The van der Waals surface area contributed by atoms with Gasteiger partial charge >= 0.3 is 5.97 Å². The van der Waals surface area contributed by atoms with Gasteiger partial charge in [-0.3, -0.25) is 4.79 Å². The van der Waals surface area contributed by atoms with Gasteiger partial charge < -0.3 is 14.6 Å². The van der Waals surface area contributed by atoms with Crippen LogP contribution in [0, 0.1) is 0 Å². The van der Waals surface area contributed by atoms with Crippen LogP contribution in [0.5, 0.6) is 0 Å². The molecule has 0 saturated heterocycles. The Bertz CT molecular complexity index is 435. The van der Waals surface area contributed by atoms with Crippen molar-refractivity contribution in [3.8, 4) is 0 Å². The van der Waals surface area contributed by atoms with Crippen molar-refractivity contribution in [2.75, 3.05) is 20.6 Å². The number of rotatable bonds is 7. The summed E-state index contributed by atoms with van der Waals surface area (Å²) < 4.78 is 1.65. The first-order valence-corrected chi connectivity index (χ1v) is 6.01. The Balaban J connectivity index is 2.68. The molecule has 0 aromatic carbocycles. The molecule has 0 aliphatic carbocycles. The predicted molar refractivity (Wildman–Crippen MR) is 69.2 cm³/mol. The number of ketones is 1. The van der Waals surface area contributed by atoms with E-state index in [9.17, 15) is 9.59 Å². The molecule has 5 nitrogen and oxygen atoms in total. The van der Waals surface area contributed by atoms with Crippen LogP contribution in [0.2, 0.25) is 0 Å². The number of hydrogen-bond donors (Lipinski definition) is 1. The minimum atomic E-state index is -0.991. The normalized spacial score (nSPS) is 10.9. The van der Waals surface area contributed by atoms with Crippen molar-refractivity contribution in [3.63, 3.8) is 0 Å². The maximum absolute atomic E-state index is 11.2. The number of aryl methyl sites for hydroxylation is 1. The van der Waals surface area contributed by atoms with Gasteiger partial charge in [-0.25, -0.2) is 4.79 Å². The summed E-state index contributed by atoms with van der Waals surface area (Å²) in [6.07, 6.45) is 3.52. The van der Waals surface area contributed by atoms with Crippen molar-refractivity contribution in [3.05, 3.63) is 23.5 Å². The van der Waals surface area contributed by atoms with E-state index in [1.807, 2.05) is 14.1 Å². The van der Waals surface area contributed by atoms with E-state index < -0.39 is 5.97 Å². The maximum atomic E-state index is 11.2. The first-order valence-electron chi connectivity index (χ1n) is 6.01. The number of Topliss-reactive ketones (excluding diaryl/α,β-unsaturated/α-hetero) is 1. The summed E-state index contributed by atoms with van der Waals surface area (Å²) in [5, 5.41) is 9.07. The Hall–Kier alpha value is -1.62. The van der Waals surface area contributed by atoms with Crippen molar-refractivity contribution < 1.29 is 14.7 Å². The number of carbonyl (C=O) groups excluding carboxylic acids is 1. The summed E-state index contributed by atoms with van der Waals surface area (Å²) >= 11 is 0. The molecule has 18 heavy (non-hydrogen) atoms. The highest BCUT2D eigenvalue weighted by Crippen LogP contribution is 2.11. The Kier molecular flexibility index (Phi) is 5.09. The van der Waals surface area contributed by atoms with E-state index in [0.717, 1.165) is 19.4 Å². The molecule has 0 aliphatic rings. The Morgan fingerprint density at radius 3 is 2.50 bits per heavy atom. The Morgan fingerprint density at radius 2 is 2.00 bits per heavy atom. The molecule has 1 rings (SSSR count). The number of nitrogens with zero attached hydrogens (tertiary/aromatic N) is 2. The molecule has 1 aromatic rings. The molecule has 0 saturated carbocycles. The van der Waals surface area contributed by atoms with Crippen LogP contribution in [-0.2, 0) is 6.54 Å². The number of carboxylic acids is 1. The number of carbonyl (C=O) groups is 2. The molecular formula is C13H20N2O3. The monoisotopic (exact) mass is 252 g/mol. The van der Waals surface area contributed by atoms with E-state index in [1.54, 1.807) is 10.8 Å². The van der Waals surface area contributed by atoms with Gasteiger partial charge in [0.15, 0.2) is 5.78 Å². The number of aromatic nitrogens is 1. The van der Waals surface area contributed by atoms with Crippen LogP contribution in [0.1, 0.15) is 40.6 Å². The van der Waals surface area contributed by atoms with Crippen LogP contribution >= 0.6 is 0 Å². The molecule has 5 heteroatoms. The number of unbranched alkanes of at least 4 members (excludes halogenated alkanes) is 1. The topological polar surface area (TPSA) is 62.5 Å².